The highest BCUT2D eigenvalue weighted by molar-refractivity contribution is 4.81. The summed E-state index contributed by atoms with van der Waals surface area (Å²) in [5.74, 6) is 0. The van der Waals surface area contributed by atoms with Crippen molar-refractivity contribution >= 4 is 0 Å². The Bertz CT molecular complexity index is 37.2. The van der Waals surface area contributed by atoms with Gasteiger partial charge in [-0.25, -0.2) is 5.11 Å². The molecular weight excluding hydrogens is 76.1 g/mol. The summed E-state index contributed by atoms with van der Waals surface area (Å²) in [6.45, 7) is 0. The van der Waals surface area contributed by atoms with Gasteiger partial charge in [0.15, 0.2) is 0 Å². The van der Waals surface area contributed by atoms with Crippen LogP contribution in [0.15, 0.2) is 0 Å². The van der Waals surface area contributed by atoms with E-state index in [1.807, 2.05) is 6.42 Å². The molecule has 2 radical (unpaired) electrons. The van der Waals surface area contributed by atoms with Crippen molar-refractivity contribution < 1.29 is 5.11 Å². The maximum Gasteiger partial charge on any atom is 0.0961 e. The van der Waals surface area contributed by atoms with Crippen LogP contribution in [0.1, 0.15) is 19.3 Å². The molecule has 1 heteroatoms. The zero-order valence-electron chi connectivity index (χ0n) is 3.68. The number of hydrogen-bond donors (Lipinski definition) is 0. The van der Waals surface area contributed by atoms with Crippen LogP contribution in [0.4, 0.5) is 0 Å². The molecule has 1 fully saturated rings. The largest absolute Gasteiger partial charge is 0.233 e. The maximum absolute atomic E-state index is 10.3. The van der Waals surface area contributed by atoms with Gasteiger partial charge < -0.3 is 0 Å². The molecule has 0 amide bonds. The van der Waals surface area contributed by atoms with Crippen LogP contribution in [0.2, 0.25) is 0 Å². The predicted octanol–water partition coefficient (Wildman–Crippen LogP) is 1.17. The molecule has 0 aromatic heterocycles. The first-order valence-corrected chi connectivity index (χ1v) is 2.39. The number of hydrogen-bond acceptors (Lipinski definition) is 0. The number of rotatable bonds is 0. The molecule has 1 rings (SSSR count). The van der Waals surface area contributed by atoms with Crippen molar-refractivity contribution in [3.05, 3.63) is 6.42 Å². The van der Waals surface area contributed by atoms with Crippen LogP contribution in [0.25, 0.3) is 0 Å². The summed E-state index contributed by atoms with van der Waals surface area (Å²) < 4.78 is 0. The van der Waals surface area contributed by atoms with Crippen LogP contribution in [0.3, 0.4) is 0 Å². The summed E-state index contributed by atoms with van der Waals surface area (Å²) in [6.07, 6.45) is 4.56. The van der Waals surface area contributed by atoms with Crippen LogP contribution in [0, 0.1) is 6.42 Å². The third kappa shape index (κ3) is 0.716. The summed E-state index contributed by atoms with van der Waals surface area (Å²) in [5.41, 5.74) is 0. The molecule has 0 heterocycles. The third-order valence-corrected chi connectivity index (χ3v) is 1.12. The molecular formula is C5H8O. The molecule has 34 valence electrons. The average molecular weight is 84.1 g/mol. The lowest BCUT2D eigenvalue weighted by Crippen LogP contribution is -1.93. The highest BCUT2D eigenvalue weighted by atomic mass is 16.3. The van der Waals surface area contributed by atoms with Gasteiger partial charge in [0.25, 0.3) is 0 Å². The van der Waals surface area contributed by atoms with Gasteiger partial charge in [0.2, 0.25) is 0 Å². The fraction of sp³-hybridized carbons (Fsp3) is 0.800. The van der Waals surface area contributed by atoms with Crippen LogP contribution in [-0.2, 0) is 5.11 Å². The van der Waals surface area contributed by atoms with Crippen molar-refractivity contribution in [2.24, 2.45) is 0 Å². The summed E-state index contributed by atoms with van der Waals surface area (Å²) in [5, 5.41) is 10.3. The molecule has 0 bridgehead atoms. The molecule has 0 spiro atoms. The molecule has 0 saturated heterocycles. The van der Waals surface area contributed by atoms with Crippen molar-refractivity contribution in [2.45, 2.75) is 25.4 Å². The molecule has 0 N–H and O–H groups in total. The highest BCUT2D eigenvalue weighted by Gasteiger charge is 2.11. The molecule has 1 aliphatic rings. The van der Waals surface area contributed by atoms with E-state index in [0.29, 0.717) is 0 Å². The van der Waals surface area contributed by atoms with E-state index in [9.17, 15) is 5.11 Å². The van der Waals surface area contributed by atoms with Crippen LogP contribution >= 0.6 is 0 Å². The Morgan fingerprint density at radius 3 is 2.67 bits per heavy atom. The van der Waals surface area contributed by atoms with Gasteiger partial charge in [-0.3, -0.25) is 0 Å². The van der Waals surface area contributed by atoms with Gasteiger partial charge >= 0.3 is 0 Å². The highest BCUT2D eigenvalue weighted by Crippen LogP contribution is 2.15. The monoisotopic (exact) mass is 84.1 g/mol. The van der Waals surface area contributed by atoms with Crippen molar-refractivity contribution in [3.8, 4) is 0 Å². The van der Waals surface area contributed by atoms with E-state index in [1.165, 1.54) is 0 Å². The lowest BCUT2D eigenvalue weighted by Gasteiger charge is -1.86. The molecule has 1 aliphatic carbocycles. The van der Waals surface area contributed by atoms with Gasteiger partial charge in [-0.15, -0.1) is 0 Å². The summed E-state index contributed by atoms with van der Waals surface area (Å²) >= 11 is 0. The molecule has 1 atom stereocenters. The Labute approximate surface area is 38.0 Å². The quantitative estimate of drug-likeness (QED) is 0.420. The van der Waals surface area contributed by atoms with E-state index in [-0.39, 0.29) is 6.10 Å². The SMILES string of the molecule is [O]C1[CH]CCC1. The van der Waals surface area contributed by atoms with Crippen LogP contribution in [-0.4, -0.2) is 6.10 Å². The molecule has 6 heavy (non-hydrogen) atoms. The molecule has 1 nitrogen and oxygen atoms in total. The molecule has 1 saturated carbocycles. The minimum atomic E-state index is -0.329. The predicted molar refractivity (Wildman–Crippen MR) is 22.6 cm³/mol. The topological polar surface area (TPSA) is 19.9 Å². The van der Waals surface area contributed by atoms with Gasteiger partial charge in [-0.1, -0.05) is 6.42 Å². The fourth-order valence-electron chi connectivity index (χ4n) is 0.741. The second-order valence-electron chi connectivity index (χ2n) is 1.71. The Morgan fingerprint density at radius 2 is 2.50 bits per heavy atom. The fourth-order valence-corrected chi connectivity index (χ4v) is 0.741. The van der Waals surface area contributed by atoms with Gasteiger partial charge in [0, 0.05) is 0 Å². The normalized spacial score (nSPS) is 25.5. The lowest BCUT2D eigenvalue weighted by atomic mass is 10.3. The Balaban J connectivity index is 2.18. The Hall–Kier alpha value is -0.0400. The van der Waals surface area contributed by atoms with Crippen LogP contribution in [0.5, 0.6) is 0 Å². The first-order valence-electron chi connectivity index (χ1n) is 2.39. The zero-order valence-corrected chi connectivity index (χ0v) is 3.68. The molecule has 0 aromatic carbocycles. The maximum atomic E-state index is 10.3. The van der Waals surface area contributed by atoms with E-state index in [1.54, 1.807) is 0 Å². The first kappa shape index (κ1) is 4.13. The molecule has 0 aliphatic heterocycles. The first-order chi connectivity index (χ1) is 2.89. The van der Waals surface area contributed by atoms with Crippen molar-refractivity contribution in [1.29, 1.82) is 0 Å². The summed E-state index contributed by atoms with van der Waals surface area (Å²) in [6, 6.07) is 0. The van der Waals surface area contributed by atoms with Gasteiger partial charge in [-0.2, -0.15) is 0 Å². The van der Waals surface area contributed by atoms with E-state index in [4.69, 9.17) is 0 Å². The van der Waals surface area contributed by atoms with Crippen molar-refractivity contribution in [3.63, 3.8) is 0 Å². The zero-order chi connectivity index (χ0) is 4.41. The summed E-state index contributed by atoms with van der Waals surface area (Å²) in [7, 11) is 0. The minimum Gasteiger partial charge on any atom is -0.233 e. The van der Waals surface area contributed by atoms with E-state index < -0.39 is 0 Å². The third-order valence-electron chi connectivity index (χ3n) is 1.12. The summed E-state index contributed by atoms with van der Waals surface area (Å²) in [4.78, 5) is 0. The van der Waals surface area contributed by atoms with Crippen molar-refractivity contribution in [2.75, 3.05) is 0 Å². The second-order valence-corrected chi connectivity index (χ2v) is 1.71. The van der Waals surface area contributed by atoms with E-state index in [2.05, 4.69) is 0 Å². The Morgan fingerprint density at radius 1 is 1.67 bits per heavy atom. The average Bonchev–Trinajstić information content (AvgIpc) is 1.86. The van der Waals surface area contributed by atoms with Gasteiger partial charge in [-0.05, 0) is 19.3 Å². The molecule has 1 unspecified atom stereocenters. The van der Waals surface area contributed by atoms with E-state index in [0.717, 1.165) is 19.3 Å². The van der Waals surface area contributed by atoms with Gasteiger partial charge in [0.1, 0.15) is 0 Å². The van der Waals surface area contributed by atoms with Crippen LogP contribution < -0.4 is 0 Å². The van der Waals surface area contributed by atoms with Crippen molar-refractivity contribution in [1.82, 2.24) is 0 Å². The van der Waals surface area contributed by atoms with E-state index >= 15 is 0 Å². The van der Waals surface area contributed by atoms with Gasteiger partial charge in [0.05, 0.1) is 6.10 Å². The Kier molecular flexibility index (Phi) is 1.10. The second kappa shape index (κ2) is 1.61. The smallest absolute Gasteiger partial charge is 0.0961 e. The lowest BCUT2D eigenvalue weighted by molar-refractivity contribution is 0.123. The minimum absolute atomic E-state index is 0.329. The molecule has 0 aromatic rings. The standard InChI is InChI=1S/C5H8O/c6-5-3-1-2-4-5/h3,5H,1-2,4H2.